The molecule has 3 rings (SSSR count). The van der Waals surface area contributed by atoms with Gasteiger partial charge in [0.15, 0.2) is 5.58 Å². The summed E-state index contributed by atoms with van der Waals surface area (Å²) in [7, 11) is 0. The zero-order valence-electron chi connectivity index (χ0n) is 11.0. The van der Waals surface area contributed by atoms with Gasteiger partial charge in [-0.3, -0.25) is 0 Å². The molecule has 0 saturated heterocycles. The predicted octanol–water partition coefficient (Wildman–Crippen LogP) is 5.22. The monoisotopic (exact) mass is 394 g/mol. The minimum atomic E-state index is 0.607. The van der Waals surface area contributed by atoms with Crippen LogP contribution in [0.4, 0.5) is 5.69 Å². The van der Waals surface area contributed by atoms with Gasteiger partial charge in [-0.25, -0.2) is 4.98 Å². The summed E-state index contributed by atoms with van der Waals surface area (Å²) in [5.74, 6) is 0.607. The molecule has 0 bridgehead atoms. The van der Waals surface area contributed by atoms with E-state index in [1.54, 1.807) is 0 Å². The molecule has 0 saturated carbocycles. The van der Waals surface area contributed by atoms with Crippen molar-refractivity contribution in [1.29, 1.82) is 0 Å². The smallest absolute Gasteiger partial charge is 0.227 e. The zero-order valence-corrected chi connectivity index (χ0v) is 14.2. The number of hydrogen-bond donors (Lipinski definition) is 1. The van der Waals surface area contributed by atoms with Gasteiger partial charge in [-0.05, 0) is 63.4 Å². The maximum Gasteiger partial charge on any atom is 0.227 e. The topological polar surface area (TPSA) is 52.0 Å². The number of aromatic nitrogens is 1. The predicted molar refractivity (Wildman–Crippen MR) is 88.7 cm³/mol. The quantitative estimate of drug-likeness (QED) is 0.574. The van der Waals surface area contributed by atoms with Gasteiger partial charge in [0.25, 0.3) is 0 Å². The Kier molecular flexibility index (Phi) is 3.34. The molecule has 0 radical (unpaired) electrons. The highest BCUT2D eigenvalue weighted by Gasteiger charge is 2.16. The molecule has 20 heavy (non-hydrogen) atoms. The second-order valence-electron chi connectivity index (χ2n) is 4.77. The van der Waals surface area contributed by atoms with Gasteiger partial charge >= 0.3 is 0 Å². The van der Waals surface area contributed by atoms with E-state index in [1.165, 1.54) is 5.56 Å². The number of oxazole rings is 1. The van der Waals surface area contributed by atoms with Crippen LogP contribution < -0.4 is 5.73 Å². The Labute approximate surface area is 133 Å². The van der Waals surface area contributed by atoms with E-state index in [4.69, 9.17) is 10.2 Å². The highest BCUT2D eigenvalue weighted by Crippen LogP contribution is 2.37. The van der Waals surface area contributed by atoms with Crippen LogP contribution in [0.5, 0.6) is 0 Å². The van der Waals surface area contributed by atoms with Crippen LogP contribution in [0.3, 0.4) is 0 Å². The van der Waals surface area contributed by atoms with E-state index in [0.717, 1.165) is 25.6 Å². The van der Waals surface area contributed by atoms with Crippen molar-refractivity contribution in [3.63, 3.8) is 0 Å². The molecule has 1 heterocycles. The minimum absolute atomic E-state index is 0.607. The van der Waals surface area contributed by atoms with E-state index in [1.807, 2.05) is 12.1 Å². The van der Waals surface area contributed by atoms with Gasteiger partial charge < -0.3 is 10.2 Å². The SMILES string of the molecule is Cc1ccc(-c2nc3c(Br)c(N)c(Br)cc3o2)c(C)c1. The summed E-state index contributed by atoms with van der Waals surface area (Å²) in [5.41, 5.74) is 11.4. The standard InChI is InChI=1S/C15H12Br2N2O/c1-7-3-4-9(8(2)5-7)15-19-14-11(20-15)6-10(16)13(18)12(14)17/h3-6H,18H2,1-2H3. The average molecular weight is 396 g/mol. The van der Waals surface area contributed by atoms with Gasteiger partial charge in [-0.2, -0.15) is 0 Å². The molecule has 102 valence electrons. The number of halogens is 2. The molecule has 3 nitrogen and oxygen atoms in total. The number of benzene rings is 2. The average Bonchev–Trinajstić information content (AvgIpc) is 2.80. The minimum Gasteiger partial charge on any atom is -0.436 e. The first-order valence-corrected chi connectivity index (χ1v) is 7.67. The molecule has 0 aliphatic carbocycles. The fraction of sp³-hybridized carbons (Fsp3) is 0.133. The van der Waals surface area contributed by atoms with Crippen molar-refractivity contribution in [3.8, 4) is 11.5 Å². The summed E-state index contributed by atoms with van der Waals surface area (Å²) < 4.78 is 7.41. The van der Waals surface area contributed by atoms with E-state index < -0.39 is 0 Å². The van der Waals surface area contributed by atoms with Crippen LogP contribution in [0.1, 0.15) is 11.1 Å². The van der Waals surface area contributed by atoms with Crippen LogP contribution in [0, 0.1) is 13.8 Å². The maximum absolute atomic E-state index is 5.97. The molecule has 2 N–H and O–H groups in total. The number of nitrogens with zero attached hydrogens (tertiary/aromatic N) is 1. The third-order valence-electron chi connectivity index (χ3n) is 3.23. The molecule has 0 aliphatic heterocycles. The number of nitrogen functional groups attached to an aromatic ring is 1. The van der Waals surface area contributed by atoms with Gasteiger partial charge in [0.2, 0.25) is 5.89 Å². The first-order valence-electron chi connectivity index (χ1n) is 6.09. The molecule has 1 aromatic heterocycles. The van der Waals surface area contributed by atoms with Crippen molar-refractivity contribution in [2.24, 2.45) is 0 Å². The Morgan fingerprint density at radius 2 is 1.90 bits per heavy atom. The van der Waals surface area contributed by atoms with Crippen molar-refractivity contribution < 1.29 is 4.42 Å². The molecular weight excluding hydrogens is 384 g/mol. The highest BCUT2D eigenvalue weighted by molar-refractivity contribution is 9.11. The van der Waals surface area contributed by atoms with Gasteiger partial charge in [0, 0.05) is 10.0 Å². The molecule has 5 heteroatoms. The van der Waals surface area contributed by atoms with Crippen LogP contribution in [-0.4, -0.2) is 4.98 Å². The summed E-state index contributed by atoms with van der Waals surface area (Å²) in [4.78, 5) is 4.56. The second kappa shape index (κ2) is 4.90. The van der Waals surface area contributed by atoms with E-state index >= 15 is 0 Å². The summed E-state index contributed by atoms with van der Waals surface area (Å²) in [6.07, 6.45) is 0. The van der Waals surface area contributed by atoms with Crippen LogP contribution in [0.2, 0.25) is 0 Å². The molecule has 3 aromatic rings. The molecule has 0 unspecified atom stereocenters. The van der Waals surface area contributed by atoms with Crippen molar-refractivity contribution >= 4 is 48.6 Å². The molecular formula is C15H12Br2N2O. The van der Waals surface area contributed by atoms with Crippen molar-refractivity contribution in [3.05, 3.63) is 44.3 Å². The van der Waals surface area contributed by atoms with Gasteiger partial charge in [0.05, 0.1) is 10.2 Å². The number of rotatable bonds is 1. The second-order valence-corrected chi connectivity index (χ2v) is 6.42. The third kappa shape index (κ3) is 2.15. The lowest BCUT2D eigenvalue weighted by molar-refractivity contribution is 0.619. The molecule has 2 aromatic carbocycles. The lowest BCUT2D eigenvalue weighted by Gasteiger charge is -2.01. The highest BCUT2D eigenvalue weighted by atomic mass is 79.9. The van der Waals surface area contributed by atoms with Gasteiger partial charge in [-0.15, -0.1) is 0 Å². The van der Waals surface area contributed by atoms with Crippen molar-refractivity contribution in [2.75, 3.05) is 5.73 Å². The van der Waals surface area contributed by atoms with Crippen LogP contribution in [0.15, 0.2) is 37.6 Å². The lowest BCUT2D eigenvalue weighted by Crippen LogP contribution is -1.89. The van der Waals surface area contributed by atoms with Crippen molar-refractivity contribution in [1.82, 2.24) is 4.98 Å². The molecule has 0 atom stereocenters. The van der Waals surface area contributed by atoms with Crippen LogP contribution in [-0.2, 0) is 0 Å². The van der Waals surface area contributed by atoms with E-state index in [0.29, 0.717) is 17.2 Å². The molecule has 0 spiro atoms. The van der Waals surface area contributed by atoms with E-state index in [2.05, 4.69) is 62.8 Å². The summed E-state index contributed by atoms with van der Waals surface area (Å²) in [6, 6.07) is 8.04. The molecule has 0 fully saturated rings. The number of aryl methyl sites for hydroxylation is 2. The van der Waals surface area contributed by atoms with Gasteiger partial charge in [0.1, 0.15) is 5.52 Å². The fourth-order valence-electron chi connectivity index (χ4n) is 2.18. The third-order valence-corrected chi connectivity index (χ3v) is 4.68. The summed E-state index contributed by atoms with van der Waals surface area (Å²) >= 11 is 6.88. The molecule has 0 amide bonds. The van der Waals surface area contributed by atoms with E-state index in [-0.39, 0.29) is 0 Å². The lowest BCUT2D eigenvalue weighted by atomic mass is 10.1. The fourth-order valence-corrected chi connectivity index (χ4v) is 3.35. The Morgan fingerprint density at radius 3 is 2.60 bits per heavy atom. The van der Waals surface area contributed by atoms with E-state index in [9.17, 15) is 0 Å². The Balaban J connectivity index is 2.26. The Bertz CT molecular complexity index is 824. The Morgan fingerprint density at radius 1 is 1.15 bits per heavy atom. The zero-order chi connectivity index (χ0) is 14.4. The summed E-state index contributed by atoms with van der Waals surface area (Å²) in [5, 5.41) is 0. The summed E-state index contributed by atoms with van der Waals surface area (Å²) in [6.45, 7) is 4.12. The first-order chi connectivity index (χ1) is 9.47. The normalized spacial score (nSPS) is 11.2. The van der Waals surface area contributed by atoms with Crippen molar-refractivity contribution in [2.45, 2.75) is 13.8 Å². The number of hydrogen-bond acceptors (Lipinski definition) is 3. The maximum atomic E-state index is 5.97. The van der Waals surface area contributed by atoms with Crippen LogP contribution >= 0.6 is 31.9 Å². The first kappa shape index (κ1) is 13.6. The van der Waals surface area contributed by atoms with Gasteiger partial charge in [-0.1, -0.05) is 17.7 Å². The number of nitrogens with two attached hydrogens (primary N) is 1. The number of fused-ring (bicyclic) bond motifs is 1. The molecule has 0 aliphatic rings. The number of anilines is 1. The largest absolute Gasteiger partial charge is 0.436 e. The van der Waals surface area contributed by atoms with Crippen LogP contribution in [0.25, 0.3) is 22.6 Å². The Hall–Kier alpha value is -1.33.